The Morgan fingerprint density at radius 2 is 1.71 bits per heavy atom. The van der Waals surface area contributed by atoms with E-state index in [1.165, 1.54) is 0 Å². The van der Waals surface area contributed by atoms with Crippen LogP contribution < -0.4 is 5.32 Å². The van der Waals surface area contributed by atoms with E-state index in [-0.39, 0.29) is 18.1 Å². The van der Waals surface area contributed by atoms with Crippen molar-refractivity contribution >= 4 is 5.97 Å². The van der Waals surface area contributed by atoms with E-state index in [0.717, 1.165) is 25.8 Å². The number of hydrogen-bond donors (Lipinski definition) is 1. The molecular weight excluding hydrogens is 218 g/mol. The summed E-state index contributed by atoms with van der Waals surface area (Å²) < 4.78 is 10.0. The van der Waals surface area contributed by atoms with Crippen molar-refractivity contribution in [3.05, 3.63) is 0 Å². The summed E-state index contributed by atoms with van der Waals surface area (Å²) in [5.74, 6) is -0.291. The Bertz CT molecular complexity index is 195. The average Bonchev–Trinajstić information content (AvgIpc) is 2.35. The monoisotopic (exact) mass is 245 g/mol. The van der Waals surface area contributed by atoms with Gasteiger partial charge in [0.1, 0.15) is 6.61 Å². The molecule has 0 spiro atoms. The maximum atomic E-state index is 11.0. The van der Waals surface area contributed by atoms with Crippen LogP contribution in [0.3, 0.4) is 0 Å². The van der Waals surface area contributed by atoms with Crippen molar-refractivity contribution in [1.29, 1.82) is 0 Å². The van der Waals surface area contributed by atoms with Gasteiger partial charge >= 0.3 is 5.97 Å². The molecule has 4 heteroatoms. The third kappa shape index (κ3) is 6.64. The summed E-state index contributed by atoms with van der Waals surface area (Å²) in [7, 11) is 0. The molecule has 0 atom stereocenters. The summed E-state index contributed by atoms with van der Waals surface area (Å²) in [6, 6.07) is 0. The van der Waals surface area contributed by atoms with E-state index in [4.69, 9.17) is 9.47 Å². The summed E-state index contributed by atoms with van der Waals surface area (Å²) in [6.45, 7) is 10.1. The molecule has 4 nitrogen and oxygen atoms in total. The molecule has 0 bridgehead atoms. The van der Waals surface area contributed by atoms with Gasteiger partial charge in [-0.25, -0.2) is 4.79 Å². The van der Waals surface area contributed by atoms with Crippen LogP contribution in [0.1, 0.15) is 47.0 Å². The average molecular weight is 245 g/mol. The molecule has 0 amide bonds. The molecule has 0 aromatic heterocycles. The van der Waals surface area contributed by atoms with Crippen LogP contribution in [0.2, 0.25) is 0 Å². The number of carbonyl (C=O) groups excluding carboxylic acids is 1. The lowest BCUT2D eigenvalue weighted by atomic mass is 9.90. The number of hydrogen-bond acceptors (Lipinski definition) is 4. The van der Waals surface area contributed by atoms with Gasteiger partial charge in [0, 0.05) is 12.1 Å². The van der Waals surface area contributed by atoms with E-state index < -0.39 is 0 Å². The zero-order valence-corrected chi connectivity index (χ0v) is 11.7. The van der Waals surface area contributed by atoms with Crippen molar-refractivity contribution in [1.82, 2.24) is 5.32 Å². The molecule has 0 rings (SSSR count). The zero-order valence-electron chi connectivity index (χ0n) is 11.7. The number of ether oxygens (including phenoxy) is 2. The molecule has 0 aliphatic rings. The van der Waals surface area contributed by atoms with Gasteiger partial charge in [0.15, 0.2) is 0 Å². The lowest BCUT2D eigenvalue weighted by Gasteiger charge is -2.32. The summed E-state index contributed by atoms with van der Waals surface area (Å²) in [4.78, 5) is 11.0. The maximum absolute atomic E-state index is 11.0. The highest BCUT2D eigenvalue weighted by Gasteiger charge is 2.22. The molecule has 0 saturated carbocycles. The topological polar surface area (TPSA) is 47.6 Å². The predicted octanol–water partition coefficient (Wildman–Crippen LogP) is 2.12. The van der Waals surface area contributed by atoms with Crippen LogP contribution in [0.4, 0.5) is 0 Å². The lowest BCUT2D eigenvalue weighted by molar-refractivity contribution is -0.148. The molecule has 0 saturated heterocycles. The fraction of sp³-hybridized carbons (Fsp3) is 0.923. The number of rotatable bonds is 10. The van der Waals surface area contributed by atoms with Crippen molar-refractivity contribution in [2.24, 2.45) is 0 Å². The van der Waals surface area contributed by atoms with E-state index in [2.05, 4.69) is 26.1 Å². The van der Waals surface area contributed by atoms with Crippen molar-refractivity contribution in [2.45, 2.75) is 52.5 Å². The molecule has 0 fully saturated rings. The summed E-state index contributed by atoms with van der Waals surface area (Å²) in [5.41, 5.74) is 0.216. The number of nitrogens with one attached hydrogen (secondary N) is 1. The Morgan fingerprint density at radius 3 is 2.18 bits per heavy atom. The first kappa shape index (κ1) is 16.4. The molecule has 1 N–H and O–H groups in total. The summed E-state index contributed by atoms with van der Waals surface area (Å²) in [6.07, 6.45) is 3.33. The molecule has 0 aromatic carbocycles. The van der Waals surface area contributed by atoms with E-state index in [1.54, 1.807) is 6.92 Å². The molecule has 0 unspecified atom stereocenters. The smallest absolute Gasteiger partial charge is 0.332 e. The molecular formula is C13H27NO3. The van der Waals surface area contributed by atoms with Gasteiger partial charge < -0.3 is 14.8 Å². The fourth-order valence-corrected chi connectivity index (χ4v) is 1.87. The molecule has 0 aromatic rings. The molecule has 17 heavy (non-hydrogen) atoms. The second-order valence-corrected chi connectivity index (χ2v) is 4.13. The van der Waals surface area contributed by atoms with E-state index in [1.807, 2.05) is 0 Å². The third-order valence-corrected chi connectivity index (χ3v) is 3.30. The minimum Gasteiger partial charge on any atom is -0.464 e. The third-order valence-electron chi connectivity index (χ3n) is 3.30. The van der Waals surface area contributed by atoms with Crippen molar-refractivity contribution in [3.63, 3.8) is 0 Å². The highest BCUT2D eigenvalue weighted by molar-refractivity contribution is 5.70. The van der Waals surface area contributed by atoms with Gasteiger partial charge in [0.2, 0.25) is 0 Å². The van der Waals surface area contributed by atoms with Crippen molar-refractivity contribution in [3.8, 4) is 0 Å². The van der Waals surface area contributed by atoms with Gasteiger partial charge in [-0.05, 0) is 26.2 Å². The highest BCUT2D eigenvalue weighted by Crippen LogP contribution is 2.18. The van der Waals surface area contributed by atoms with Crippen LogP contribution in [-0.2, 0) is 14.3 Å². The molecule has 0 heterocycles. The molecule has 0 radical (unpaired) electrons. The van der Waals surface area contributed by atoms with E-state index >= 15 is 0 Å². The second-order valence-electron chi connectivity index (χ2n) is 4.13. The first-order chi connectivity index (χ1) is 8.14. The van der Waals surface area contributed by atoms with Crippen molar-refractivity contribution < 1.29 is 14.3 Å². The van der Waals surface area contributed by atoms with Crippen LogP contribution in [0.15, 0.2) is 0 Å². The van der Waals surface area contributed by atoms with Crippen molar-refractivity contribution in [2.75, 3.05) is 26.4 Å². The largest absolute Gasteiger partial charge is 0.464 e. The molecule has 0 aliphatic carbocycles. The van der Waals surface area contributed by atoms with Gasteiger partial charge in [-0.1, -0.05) is 20.8 Å². The standard InChI is InChI=1S/C13H27NO3/c1-5-13(6-2,7-3)14-9-10-16-11-12(15)17-8-4/h14H,5-11H2,1-4H3. The Morgan fingerprint density at radius 1 is 1.12 bits per heavy atom. The minimum absolute atomic E-state index is 0.0485. The fourth-order valence-electron chi connectivity index (χ4n) is 1.87. The van der Waals surface area contributed by atoms with Gasteiger partial charge in [0.25, 0.3) is 0 Å². The zero-order chi connectivity index (χ0) is 13.1. The number of esters is 1. The first-order valence-corrected chi connectivity index (χ1v) is 6.62. The lowest BCUT2D eigenvalue weighted by Crippen LogP contribution is -2.45. The predicted molar refractivity (Wildman–Crippen MR) is 69.1 cm³/mol. The van der Waals surface area contributed by atoms with Gasteiger partial charge in [-0.2, -0.15) is 0 Å². The Balaban J connectivity index is 3.65. The second kappa shape index (κ2) is 9.42. The van der Waals surface area contributed by atoms with Crippen LogP contribution in [0, 0.1) is 0 Å². The summed E-state index contributed by atoms with van der Waals surface area (Å²) >= 11 is 0. The first-order valence-electron chi connectivity index (χ1n) is 6.62. The molecule has 0 aliphatic heterocycles. The van der Waals surface area contributed by atoms with E-state index in [0.29, 0.717) is 13.2 Å². The van der Waals surface area contributed by atoms with Gasteiger partial charge in [-0.15, -0.1) is 0 Å². The van der Waals surface area contributed by atoms with Gasteiger partial charge in [0.05, 0.1) is 13.2 Å². The quantitative estimate of drug-likeness (QED) is 0.473. The van der Waals surface area contributed by atoms with Crippen LogP contribution in [-0.4, -0.2) is 37.9 Å². The summed E-state index contributed by atoms with van der Waals surface area (Å²) in [5, 5.41) is 3.51. The highest BCUT2D eigenvalue weighted by atomic mass is 16.6. The molecule has 102 valence electrons. The normalized spacial score (nSPS) is 11.5. The van der Waals surface area contributed by atoms with Gasteiger partial charge in [-0.3, -0.25) is 0 Å². The Kier molecular flexibility index (Phi) is 9.09. The SMILES string of the molecule is CCOC(=O)COCCNC(CC)(CC)CC. The van der Waals surface area contributed by atoms with Crippen LogP contribution >= 0.6 is 0 Å². The van der Waals surface area contributed by atoms with Crippen LogP contribution in [0.25, 0.3) is 0 Å². The maximum Gasteiger partial charge on any atom is 0.332 e. The number of carbonyl (C=O) groups is 1. The van der Waals surface area contributed by atoms with Crippen LogP contribution in [0.5, 0.6) is 0 Å². The Labute approximate surface area is 105 Å². The Hall–Kier alpha value is -0.610. The minimum atomic E-state index is -0.291. The van der Waals surface area contributed by atoms with E-state index in [9.17, 15) is 4.79 Å².